The Labute approximate surface area is 114 Å². The number of carbonyl (C=O) groups excluding carboxylic acids is 1. The van der Waals surface area contributed by atoms with E-state index in [-0.39, 0.29) is 11.9 Å². The molecule has 2 heterocycles. The molecule has 1 amide bonds. The summed E-state index contributed by atoms with van der Waals surface area (Å²) in [6, 6.07) is 6.50. The zero-order valence-corrected chi connectivity index (χ0v) is 11.4. The molecule has 2 aliphatic rings. The number of hydrogen-bond acceptors (Lipinski definition) is 3. The van der Waals surface area contributed by atoms with E-state index in [1.165, 1.54) is 16.8 Å². The number of carbonyl (C=O) groups is 1. The van der Waals surface area contributed by atoms with Gasteiger partial charge in [-0.05, 0) is 43.0 Å². The molecule has 102 valence electrons. The smallest absolute Gasteiger partial charge is 0.242 e. The maximum Gasteiger partial charge on any atom is 0.242 e. The van der Waals surface area contributed by atoms with Crippen LogP contribution in [0.4, 0.5) is 5.69 Å². The van der Waals surface area contributed by atoms with Crippen molar-refractivity contribution >= 4 is 11.6 Å². The molecule has 4 nitrogen and oxygen atoms in total. The fourth-order valence-corrected chi connectivity index (χ4v) is 3.26. The minimum atomic E-state index is -0.00146. The first-order valence-corrected chi connectivity index (χ1v) is 7.11. The van der Waals surface area contributed by atoms with Gasteiger partial charge in [0, 0.05) is 25.8 Å². The van der Waals surface area contributed by atoms with Gasteiger partial charge in [-0.25, -0.2) is 0 Å². The van der Waals surface area contributed by atoms with Crippen molar-refractivity contribution in [3.8, 4) is 0 Å². The number of benzene rings is 1. The molecule has 1 fully saturated rings. The number of likely N-dealkylation sites (N-methyl/N-ethyl adjacent to an activating group) is 1. The highest BCUT2D eigenvalue weighted by Crippen LogP contribution is 2.32. The van der Waals surface area contributed by atoms with Crippen LogP contribution >= 0.6 is 0 Å². The van der Waals surface area contributed by atoms with Crippen LogP contribution in [0.1, 0.15) is 24.0 Å². The molecule has 0 aromatic heterocycles. The van der Waals surface area contributed by atoms with Crippen molar-refractivity contribution in [2.75, 3.05) is 25.0 Å². The van der Waals surface area contributed by atoms with E-state index in [4.69, 9.17) is 0 Å². The summed E-state index contributed by atoms with van der Waals surface area (Å²) in [5.41, 5.74) is 4.05. The molecule has 1 aromatic carbocycles. The van der Waals surface area contributed by atoms with Gasteiger partial charge in [-0.1, -0.05) is 12.1 Å². The summed E-state index contributed by atoms with van der Waals surface area (Å²) in [5.74, 6) is 0.138. The van der Waals surface area contributed by atoms with Gasteiger partial charge in [0.25, 0.3) is 0 Å². The molecule has 2 N–H and O–H groups in total. The molecule has 1 aromatic rings. The summed E-state index contributed by atoms with van der Waals surface area (Å²) in [6.07, 6.45) is 3.13. The van der Waals surface area contributed by atoms with Crippen molar-refractivity contribution < 1.29 is 4.79 Å². The largest absolute Gasteiger partial charge is 0.359 e. The topological polar surface area (TPSA) is 44.4 Å². The summed E-state index contributed by atoms with van der Waals surface area (Å²) in [5, 5.41) is 6.23. The summed E-state index contributed by atoms with van der Waals surface area (Å²) in [7, 11) is 1.72. The van der Waals surface area contributed by atoms with E-state index < -0.39 is 0 Å². The van der Waals surface area contributed by atoms with Crippen molar-refractivity contribution in [3.05, 3.63) is 29.3 Å². The third-order valence-electron chi connectivity index (χ3n) is 4.23. The van der Waals surface area contributed by atoms with Crippen LogP contribution < -0.4 is 15.5 Å². The first kappa shape index (κ1) is 12.5. The second-order valence-electron chi connectivity index (χ2n) is 5.31. The Bertz CT molecular complexity index is 486. The maximum atomic E-state index is 12.0. The minimum Gasteiger partial charge on any atom is -0.359 e. The van der Waals surface area contributed by atoms with Gasteiger partial charge >= 0.3 is 0 Å². The Balaban J connectivity index is 1.95. The van der Waals surface area contributed by atoms with Crippen molar-refractivity contribution in [1.29, 1.82) is 0 Å². The van der Waals surface area contributed by atoms with Gasteiger partial charge in [0.15, 0.2) is 0 Å². The molecular weight excluding hydrogens is 238 g/mol. The zero-order chi connectivity index (χ0) is 13.2. The van der Waals surface area contributed by atoms with E-state index in [1.807, 2.05) is 0 Å². The van der Waals surface area contributed by atoms with Gasteiger partial charge in [0.05, 0.1) is 0 Å². The molecule has 0 aliphatic carbocycles. The van der Waals surface area contributed by atoms with E-state index in [2.05, 4.69) is 33.7 Å². The number of anilines is 1. The third kappa shape index (κ3) is 2.21. The normalized spacial score (nSPS) is 22.2. The molecule has 0 radical (unpaired) electrons. The number of rotatable bonds is 2. The van der Waals surface area contributed by atoms with Gasteiger partial charge < -0.3 is 15.5 Å². The SMILES string of the molecule is CNC(=O)C1CCCN1c1cccc2c1CNCC2. The Morgan fingerprint density at radius 1 is 1.47 bits per heavy atom. The van der Waals surface area contributed by atoms with E-state index in [0.717, 1.165) is 38.9 Å². The molecule has 0 bridgehead atoms. The minimum absolute atomic E-state index is 0.00146. The molecule has 2 aliphatic heterocycles. The van der Waals surface area contributed by atoms with Crippen molar-refractivity contribution in [2.24, 2.45) is 0 Å². The highest BCUT2D eigenvalue weighted by Gasteiger charge is 2.31. The average Bonchev–Trinajstić information content (AvgIpc) is 2.95. The molecule has 0 saturated carbocycles. The molecule has 3 rings (SSSR count). The first-order chi connectivity index (χ1) is 9.31. The van der Waals surface area contributed by atoms with E-state index in [9.17, 15) is 4.79 Å². The molecule has 1 atom stereocenters. The lowest BCUT2D eigenvalue weighted by molar-refractivity contribution is -0.121. The van der Waals surface area contributed by atoms with Crippen LogP contribution in [0.25, 0.3) is 0 Å². The van der Waals surface area contributed by atoms with Gasteiger partial charge in [-0.15, -0.1) is 0 Å². The van der Waals surface area contributed by atoms with Gasteiger partial charge in [0.2, 0.25) is 5.91 Å². The first-order valence-electron chi connectivity index (χ1n) is 7.11. The maximum absolute atomic E-state index is 12.0. The number of hydrogen-bond donors (Lipinski definition) is 2. The fraction of sp³-hybridized carbons (Fsp3) is 0.533. The summed E-state index contributed by atoms with van der Waals surface area (Å²) in [6.45, 7) is 2.95. The third-order valence-corrected chi connectivity index (χ3v) is 4.23. The second-order valence-corrected chi connectivity index (χ2v) is 5.31. The highest BCUT2D eigenvalue weighted by atomic mass is 16.2. The molecule has 0 spiro atoms. The lowest BCUT2D eigenvalue weighted by Crippen LogP contribution is -2.42. The van der Waals surface area contributed by atoms with E-state index in [0.29, 0.717) is 0 Å². The lowest BCUT2D eigenvalue weighted by Gasteiger charge is -2.30. The highest BCUT2D eigenvalue weighted by molar-refractivity contribution is 5.86. The number of amides is 1. The molecule has 1 saturated heterocycles. The van der Waals surface area contributed by atoms with Gasteiger partial charge in [-0.2, -0.15) is 0 Å². The average molecular weight is 259 g/mol. The van der Waals surface area contributed by atoms with Crippen molar-refractivity contribution in [1.82, 2.24) is 10.6 Å². The van der Waals surface area contributed by atoms with Gasteiger partial charge in [0.1, 0.15) is 6.04 Å². The van der Waals surface area contributed by atoms with E-state index in [1.54, 1.807) is 7.05 Å². The fourth-order valence-electron chi connectivity index (χ4n) is 3.26. The molecular formula is C15H21N3O. The van der Waals surface area contributed by atoms with Crippen LogP contribution in [0.5, 0.6) is 0 Å². The van der Waals surface area contributed by atoms with Crippen LogP contribution in [0.3, 0.4) is 0 Å². The Hall–Kier alpha value is -1.55. The summed E-state index contributed by atoms with van der Waals surface area (Å²) < 4.78 is 0. The van der Waals surface area contributed by atoms with Crippen LogP contribution in [0, 0.1) is 0 Å². The van der Waals surface area contributed by atoms with Crippen LogP contribution in [0.15, 0.2) is 18.2 Å². The van der Waals surface area contributed by atoms with Crippen molar-refractivity contribution in [3.63, 3.8) is 0 Å². The monoisotopic (exact) mass is 259 g/mol. The number of nitrogens with one attached hydrogen (secondary N) is 2. The van der Waals surface area contributed by atoms with Crippen LogP contribution in [0.2, 0.25) is 0 Å². The van der Waals surface area contributed by atoms with Crippen LogP contribution in [-0.2, 0) is 17.8 Å². The Kier molecular flexibility index (Phi) is 3.42. The van der Waals surface area contributed by atoms with Crippen molar-refractivity contribution in [2.45, 2.75) is 31.8 Å². The Morgan fingerprint density at radius 2 is 2.37 bits per heavy atom. The predicted octanol–water partition coefficient (Wildman–Crippen LogP) is 1.05. The quantitative estimate of drug-likeness (QED) is 0.834. The molecule has 4 heteroatoms. The molecule has 1 unspecified atom stereocenters. The number of fused-ring (bicyclic) bond motifs is 1. The van der Waals surface area contributed by atoms with E-state index >= 15 is 0 Å². The van der Waals surface area contributed by atoms with Gasteiger partial charge in [-0.3, -0.25) is 4.79 Å². The number of nitrogens with zero attached hydrogens (tertiary/aromatic N) is 1. The summed E-state index contributed by atoms with van der Waals surface area (Å²) >= 11 is 0. The van der Waals surface area contributed by atoms with Crippen LogP contribution in [-0.4, -0.2) is 32.1 Å². The standard InChI is InChI=1S/C15H21N3O/c1-16-15(19)14-6-3-9-18(14)13-5-2-4-11-7-8-17-10-12(11)13/h2,4-5,14,17H,3,6-10H2,1H3,(H,16,19). The molecule has 19 heavy (non-hydrogen) atoms. The lowest BCUT2D eigenvalue weighted by atomic mass is 9.98. The zero-order valence-electron chi connectivity index (χ0n) is 11.4. The Morgan fingerprint density at radius 3 is 3.21 bits per heavy atom. The second kappa shape index (κ2) is 5.21. The summed E-state index contributed by atoms with van der Waals surface area (Å²) in [4.78, 5) is 14.3. The predicted molar refractivity (Wildman–Crippen MR) is 76.3 cm³/mol.